The molecule has 0 unspecified atom stereocenters. The van der Waals surface area contributed by atoms with Crippen molar-refractivity contribution in [3.05, 3.63) is 77.2 Å². The molecule has 29 heavy (non-hydrogen) atoms. The van der Waals surface area contributed by atoms with E-state index in [9.17, 15) is 4.79 Å². The third kappa shape index (κ3) is 4.29. The van der Waals surface area contributed by atoms with Crippen LogP contribution in [-0.2, 0) is 4.79 Å². The summed E-state index contributed by atoms with van der Waals surface area (Å²) in [6.07, 6.45) is 5.43. The van der Waals surface area contributed by atoms with Crippen LogP contribution in [0.25, 0.3) is 11.5 Å². The van der Waals surface area contributed by atoms with Crippen LogP contribution < -0.4 is 5.32 Å². The number of carbonyl (C=O) groups is 1. The number of benzene rings is 1. The van der Waals surface area contributed by atoms with Crippen LogP contribution in [0.15, 0.2) is 72.3 Å². The van der Waals surface area contributed by atoms with Crippen molar-refractivity contribution in [1.82, 2.24) is 24.5 Å². The highest BCUT2D eigenvalue weighted by molar-refractivity contribution is 7.99. The lowest BCUT2D eigenvalue weighted by atomic mass is 10.3. The van der Waals surface area contributed by atoms with Gasteiger partial charge >= 0.3 is 0 Å². The second kappa shape index (κ2) is 8.69. The van der Waals surface area contributed by atoms with Gasteiger partial charge in [-0.25, -0.2) is 4.68 Å². The van der Waals surface area contributed by atoms with Crippen LogP contribution in [-0.4, -0.2) is 36.2 Å². The topological polar surface area (TPSA) is 77.6 Å². The van der Waals surface area contributed by atoms with Gasteiger partial charge in [0.1, 0.15) is 5.69 Å². The number of nitrogens with zero attached hydrogens (tertiary/aromatic N) is 5. The maximum atomic E-state index is 12.4. The van der Waals surface area contributed by atoms with Crippen molar-refractivity contribution in [2.45, 2.75) is 5.16 Å². The summed E-state index contributed by atoms with van der Waals surface area (Å²) in [4.78, 5) is 16.8. The summed E-state index contributed by atoms with van der Waals surface area (Å²) in [5.74, 6) is 0.452. The number of aromatic nitrogens is 5. The van der Waals surface area contributed by atoms with Gasteiger partial charge in [-0.1, -0.05) is 47.1 Å². The average molecular weight is 445 g/mol. The van der Waals surface area contributed by atoms with Gasteiger partial charge in [0.2, 0.25) is 16.9 Å². The van der Waals surface area contributed by atoms with E-state index < -0.39 is 0 Å². The molecule has 1 N–H and O–H groups in total. The van der Waals surface area contributed by atoms with Crippen molar-refractivity contribution in [2.75, 3.05) is 11.1 Å². The van der Waals surface area contributed by atoms with E-state index in [-0.39, 0.29) is 11.7 Å². The Labute approximate surface area is 180 Å². The molecule has 146 valence electrons. The molecule has 4 aromatic rings. The minimum Gasteiger partial charge on any atom is -0.324 e. The Kier molecular flexibility index (Phi) is 5.84. The van der Waals surface area contributed by atoms with Gasteiger partial charge in [0.05, 0.1) is 21.5 Å². The van der Waals surface area contributed by atoms with E-state index in [0.29, 0.717) is 32.4 Å². The fourth-order valence-electron chi connectivity index (χ4n) is 2.59. The molecule has 0 aliphatic carbocycles. The van der Waals surface area contributed by atoms with E-state index in [0.717, 1.165) is 0 Å². The molecule has 3 aromatic heterocycles. The van der Waals surface area contributed by atoms with Gasteiger partial charge in [0.25, 0.3) is 0 Å². The molecule has 0 saturated heterocycles. The molecule has 7 nitrogen and oxygen atoms in total. The largest absolute Gasteiger partial charge is 0.324 e. The fourth-order valence-corrected chi connectivity index (χ4v) is 3.68. The minimum absolute atomic E-state index is 0.116. The van der Waals surface area contributed by atoms with Crippen molar-refractivity contribution >= 4 is 46.6 Å². The molecule has 1 amide bonds. The van der Waals surface area contributed by atoms with Gasteiger partial charge in [-0.05, 0) is 36.4 Å². The molecule has 4 rings (SSSR count). The lowest BCUT2D eigenvalue weighted by Crippen LogP contribution is -2.16. The Hall–Kier alpha value is -2.81. The van der Waals surface area contributed by atoms with Crippen LogP contribution >= 0.6 is 35.0 Å². The lowest BCUT2D eigenvalue weighted by Gasteiger charge is -2.11. The van der Waals surface area contributed by atoms with Crippen LogP contribution in [0.1, 0.15) is 0 Å². The lowest BCUT2D eigenvalue weighted by molar-refractivity contribution is -0.113. The van der Waals surface area contributed by atoms with Crippen molar-refractivity contribution in [1.29, 1.82) is 0 Å². The van der Waals surface area contributed by atoms with E-state index in [1.807, 2.05) is 47.4 Å². The van der Waals surface area contributed by atoms with Crippen molar-refractivity contribution < 1.29 is 4.79 Å². The van der Waals surface area contributed by atoms with E-state index in [1.165, 1.54) is 11.8 Å². The zero-order chi connectivity index (χ0) is 20.2. The number of thioether (sulfide) groups is 1. The summed E-state index contributed by atoms with van der Waals surface area (Å²) in [5, 5.41) is 12.5. The molecule has 0 atom stereocenters. The summed E-state index contributed by atoms with van der Waals surface area (Å²) < 4.78 is 3.63. The molecule has 0 spiro atoms. The number of anilines is 1. The summed E-state index contributed by atoms with van der Waals surface area (Å²) >= 11 is 13.4. The standard InChI is InChI=1S/C19H14Cl2N6OS/c20-13-6-5-8-14(17(13)21)23-16(28)12-29-19-25-24-18(15-7-1-2-9-22-15)27(19)26-10-3-4-11-26/h1-11H,12H2,(H,23,28). The summed E-state index contributed by atoms with van der Waals surface area (Å²) in [5.41, 5.74) is 1.14. The highest BCUT2D eigenvalue weighted by Crippen LogP contribution is 2.30. The Bertz CT molecular complexity index is 1130. The number of hydrogen-bond acceptors (Lipinski definition) is 5. The molecule has 0 bridgehead atoms. The molecule has 0 radical (unpaired) electrons. The average Bonchev–Trinajstić information content (AvgIpc) is 3.40. The highest BCUT2D eigenvalue weighted by atomic mass is 35.5. The van der Waals surface area contributed by atoms with Crippen LogP contribution in [0.3, 0.4) is 0 Å². The molecular formula is C19H14Cl2N6OS. The first-order valence-electron chi connectivity index (χ1n) is 8.50. The van der Waals surface area contributed by atoms with E-state index >= 15 is 0 Å². The molecule has 0 saturated carbocycles. The minimum atomic E-state index is -0.236. The Morgan fingerprint density at radius 1 is 1.03 bits per heavy atom. The van der Waals surface area contributed by atoms with E-state index in [4.69, 9.17) is 23.2 Å². The van der Waals surface area contributed by atoms with Gasteiger partial charge in [0, 0.05) is 18.6 Å². The first kappa shape index (κ1) is 19.5. The molecular weight excluding hydrogens is 431 g/mol. The number of carbonyl (C=O) groups excluding carboxylic acids is 1. The predicted octanol–water partition coefficient (Wildman–Crippen LogP) is 4.49. The summed E-state index contributed by atoms with van der Waals surface area (Å²) in [6.45, 7) is 0. The molecule has 0 fully saturated rings. The number of pyridine rings is 1. The second-order valence-electron chi connectivity index (χ2n) is 5.83. The third-order valence-corrected chi connectivity index (χ3v) is 5.62. The Morgan fingerprint density at radius 2 is 1.86 bits per heavy atom. The van der Waals surface area contributed by atoms with Gasteiger partial charge in [0.15, 0.2) is 0 Å². The first-order chi connectivity index (χ1) is 14.1. The number of rotatable bonds is 6. The molecule has 0 aliphatic rings. The van der Waals surface area contributed by atoms with Crippen LogP contribution in [0, 0.1) is 0 Å². The zero-order valence-electron chi connectivity index (χ0n) is 14.9. The third-order valence-electron chi connectivity index (χ3n) is 3.88. The van der Waals surface area contributed by atoms with Crippen LogP contribution in [0.2, 0.25) is 10.0 Å². The SMILES string of the molecule is O=C(CSc1nnc(-c2ccccn2)n1-n1cccc1)Nc1cccc(Cl)c1Cl. The number of halogens is 2. The van der Waals surface area contributed by atoms with Crippen molar-refractivity contribution in [3.63, 3.8) is 0 Å². The zero-order valence-corrected chi connectivity index (χ0v) is 17.2. The molecule has 0 aliphatic heterocycles. The van der Waals surface area contributed by atoms with Crippen LogP contribution in [0.5, 0.6) is 0 Å². The first-order valence-corrected chi connectivity index (χ1v) is 10.2. The number of nitrogens with one attached hydrogen (secondary N) is 1. The number of amides is 1. The van der Waals surface area contributed by atoms with Gasteiger partial charge in [-0.15, -0.1) is 10.2 Å². The maximum Gasteiger partial charge on any atom is 0.234 e. The number of hydrogen-bond donors (Lipinski definition) is 1. The van der Waals surface area contributed by atoms with Gasteiger partial charge < -0.3 is 5.32 Å². The highest BCUT2D eigenvalue weighted by Gasteiger charge is 2.18. The quantitative estimate of drug-likeness (QED) is 0.443. The normalized spacial score (nSPS) is 10.8. The van der Waals surface area contributed by atoms with E-state index in [1.54, 1.807) is 29.1 Å². The monoisotopic (exact) mass is 444 g/mol. The predicted molar refractivity (Wildman–Crippen MR) is 114 cm³/mol. The second-order valence-corrected chi connectivity index (χ2v) is 7.56. The molecule has 10 heteroatoms. The Morgan fingerprint density at radius 3 is 2.62 bits per heavy atom. The van der Waals surface area contributed by atoms with Gasteiger partial charge in [-0.3, -0.25) is 14.5 Å². The van der Waals surface area contributed by atoms with Crippen LogP contribution in [0.4, 0.5) is 5.69 Å². The Balaban J connectivity index is 1.55. The summed E-state index contributed by atoms with van der Waals surface area (Å²) in [6, 6.07) is 14.4. The fraction of sp³-hybridized carbons (Fsp3) is 0.0526. The summed E-state index contributed by atoms with van der Waals surface area (Å²) in [7, 11) is 0. The maximum absolute atomic E-state index is 12.4. The van der Waals surface area contributed by atoms with Gasteiger partial charge in [-0.2, -0.15) is 0 Å². The van der Waals surface area contributed by atoms with Crippen molar-refractivity contribution in [2.24, 2.45) is 0 Å². The smallest absolute Gasteiger partial charge is 0.234 e. The molecule has 1 aromatic carbocycles. The van der Waals surface area contributed by atoms with Crippen molar-refractivity contribution in [3.8, 4) is 11.5 Å². The molecule has 3 heterocycles. The van der Waals surface area contributed by atoms with E-state index in [2.05, 4.69) is 20.5 Å².